The standard InChI is InChI=1S/C77H89Cl2N9O28/c1-9-18-108-73(105)57-40-27-38(90)28-46(92)54(40)39-22-34(12-15-45(39)91)55-69(101)86-59(72(104)84-57)61(95)36-14-17-48(42(79)24-36)113-50-26-37-25-49(64(50)116-74-65(63(97)62(96)51(31-89)114-74)115-53-30-77(7,66(98)33(6)111-53)87-75(106)109-19-10-2)112-47-16-13-35(23-41(47)78)60(94)58(85-68(100)44(21-32(4)5)88(8)76(107)110-20-11-3)71(103)81-43(29-52(80)93)67(99)82-56(37)70(102)83-55/h9-17,22-28,32-33,43-44,51,53,55-63,65-66,70,74,83,89-92,94-98,102H,1-3,18-21,29-31H2,4-8H3,(H2,80,93)(H,81,103)(H,82,99)(H,84,104)(H,85,100)(H,86,101)(H,87,106)/t33?,43-,44+,51?,53?,55?,56-,57-,58+,59-,60+,61+,62?,63?,65?,66?,70+,74?,77?/m0/s1. The molecular formula is C77H89Cl2N9O28. The molecule has 39 heteroatoms. The number of rotatable bonds is 20. The Hall–Kier alpha value is -10.9. The second-order valence-corrected chi connectivity index (χ2v) is 29.3. The molecule has 37 nitrogen and oxygen atoms in total. The monoisotopic (exact) mass is 1660 g/mol. The zero-order valence-corrected chi connectivity index (χ0v) is 64.4. The number of benzene rings is 5. The van der Waals surface area contributed by atoms with Gasteiger partial charge in [-0.15, -0.1) is 0 Å². The van der Waals surface area contributed by atoms with Crippen molar-refractivity contribution in [1.82, 2.24) is 42.1 Å². The molecule has 8 amide bonds. The van der Waals surface area contributed by atoms with Crippen LogP contribution in [0.2, 0.25) is 10.0 Å². The molecule has 7 aliphatic rings. The van der Waals surface area contributed by atoms with Crippen molar-refractivity contribution in [2.24, 2.45) is 11.7 Å². The number of hydrogen-bond acceptors (Lipinski definition) is 29. The summed E-state index contributed by atoms with van der Waals surface area (Å²) >= 11 is 14.3. The summed E-state index contributed by atoms with van der Waals surface area (Å²) in [5.74, 6) is -14.6. The number of alkyl carbamates (subject to hydrolysis) is 1. The van der Waals surface area contributed by atoms with Gasteiger partial charge < -0.3 is 131 Å². The van der Waals surface area contributed by atoms with E-state index in [1.807, 2.05) is 0 Å². The molecule has 0 aliphatic carbocycles. The van der Waals surface area contributed by atoms with Gasteiger partial charge in [0.15, 0.2) is 29.9 Å². The van der Waals surface area contributed by atoms with Crippen molar-refractivity contribution >= 4 is 76.8 Å². The molecule has 0 saturated carbocycles. The van der Waals surface area contributed by atoms with Crippen LogP contribution in [0.4, 0.5) is 9.59 Å². The molecule has 7 heterocycles. The smallest absolute Gasteiger partial charge is 0.410 e. The van der Waals surface area contributed by atoms with E-state index < -0.39 is 273 Å². The molecule has 5 aromatic rings. The molecule has 0 spiro atoms. The van der Waals surface area contributed by atoms with Crippen LogP contribution in [0.15, 0.2) is 117 Å². The van der Waals surface area contributed by atoms with E-state index in [1.54, 1.807) is 13.8 Å². The molecular weight excluding hydrogens is 1570 g/mol. The molecule has 2 fully saturated rings. The highest BCUT2D eigenvalue weighted by Crippen LogP contribution is 2.50. The van der Waals surface area contributed by atoms with Gasteiger partial charge in [-0.25, -0.2) is 14.4 Å². The van der Waals surface area contributed by atoms with Gasteiger partial charge in [0.2, 0.25) is 47.5 Å². The van der Waals surface area contributed by atoms with Gasteiger partial charge in [-0.2, -0.15) is 0 Å². The van der Waals surface area contributed by atoms with Gasteiger partial charge in [-0.1, -0.05) is 93.2 Å². The largest absolute Gasteiger partial charge is 0.508 e. The Morgan fingerprint density at radius 2 is 1.32 bits per heavy atom. The zero-order chi connectivity index (χ0) is 84.6. The van der Waals surface area contributed by atoms with Crippen molar-refractivity contribution in [2.75, 3.05) is 33.5 Å². The highest BCUT2D eigenvalue weighted by atomic mass is 35.5. The van der Waals surface area contributed by atoms with Gasteiger partial charge in [0.1, 0.15) is 122 Å². The van der Waals surface area contributed by atoms with Gasteiger partial charge in [0, 0.05) is 36.2 Å². The average molecular weight is 1660 g/mol. The molecule has 11 bridgehead atoms. The third kappa shape index (κ3) is 19.6. The van der Waals surface area contributed by atoms with Gasteiger partial charge in [0.25, 0.3) is 0 Å². The molecule has 5 aromatic carbocycles. The Balaban J connectivity index is 1.23. The molecule has 0 radical (unpaired) electrons. The highest BCUT2D eigenvalue weighted by Gasteiger charge is 2.53. The average Bonchev–Trinajstić information content (AvgIpc) is 0.764. The maximum atomic E-state index is 15.7. The van der Waals surface area contributed by atoms with Crippen molar-refractivity contribution in [3.63, 3.8) is 0 Å². The van der Waals surface area contributed by atoms with Crippen molar-refractivity contribution in [3.05, 3.63) is 155 Å². The zero-order valence-electron chi connectivity index (χ0n) is 62.9. The molecule has 19 N–H and O–H groups in total. The normalized spacial score (nSPS) is 27.5. The van der Waals surface area contributed by atoms with Crippen LogP contribution in [-0.2, 0) is 62.0 Å². The Bertz CT molecular complexity index is 4600. The van der Waals surface area contributed by atoms with Gasteiger partial charge in [0.05, 0.1) is 40.8 Å². The summed E-state index contributed by atoms with van der Waals surface area (Å²) < 4.78 is 54.7. The number of hydrogen-bond donors (Lipinski definition) is 18. The molecule has 624 valence electrons. The number of nitrogens with two attached hydrogens (primary N) is 1. The molecule has 10 unspecified atom stereocenters. The van der Waals surface area contributed by atoms with E-state index >= 15 is 19.2 Å². The number of aliphatic hydroxyl groups excluding tert-OH is 7. The van der Waals surface area contributed by atoms with Crippen molar-refractivity contribution in [2.45, 2.75) is 162 Å². The third-order valence-electron chi connectivity index (χ3n) is 19.6. The number of likely N-dealkylation sites (N-methyl/N-ethyl adjacent to an activating group) is 1. The fourth-order valence-corrected chi connectivity index (χ4v) is 14.2. The van der Waals surface area contributed by atoms with Crippen LogP contribution < -0.4 is 57.2 Å². The van der Waals surface area contributed by atoms with E-state index in [-0.39, 0.29) is 42.2 Å². The minimum Gasteiger partial charge on any atom is -0.508 e. The number of aliphatic hydroxyl groups is 7. The number of primary amides is 1. The van der Waals surface area contributed by atoms with E-state index in [4.69, 9.17) is 71.6 Å². The number of nitrogens with one attached hydrogen (secondary N) is 7. The number of fused-ring (bicyclic) bond motifs is 15. The molecule has 0 aromatic heterocycles. The van der Waals surface area contributed by atoms with Gasteiger partial charge in [-0.05, 0) is 103 Å². The number of nitrogens with zero attached hydrogens (tertiary/aromatic N) is 1. The molecule has 7 aliphatic heterocycles. The molecule has 116 heavy (non-hydrogen) atoms. The summed E-state index contributed by atoms with van der Waals surface area (Å²) in [5, 5.41) is 136. The first-order chi connectivity index (χ1) is 55.0. The van der Waals surface area contributed by atoms with Crippen LogP contribution in [0.1, 0.15) is 105 Å². The lowest BCUT2D eigenvalue weighted by Crippen LogP contribution is -2.66. The van der Waals surface area contributed by atoms with Crippen LogP contribution in [0.25, 0.3) is 11.1 Å². The molecule has 2 saturated heterocycles. The number of halogens is 2. The fourth-order valence-electron chi connectivity index (χ4n) is 13.8. The second kappa shape index (κ2) is 37.4. The van der Waals surface area contributed by atoms with E-state index in [0.29, 0.717) is 0 Å². The molecule has 12 rings (SSSR count). The van der Waals surface area contributed by atoms with Crippen LogP contribution in [0.3, 0.4) is 0 Å². The Morgan fingerprint density at radius 1 is 0.707 bits per heavy atom. The summed E-state index contributed by atoms with van der Waals surface area (Å²) in [6.07, 6.45) is -21.1. The van der Waals surface area contributed by atoms with Crippen molar-refractivity contribution in [1.29, 1.82) is 0 Å². The number of amides is 8. The lowest BCUT2D eigenvalue weighted by atomic mass is 9.85. The topological polar surface area (TPSA) is 552 Å². The van der Waals surface area contributed by atoms with E-state index in [0.717, 1.165) is 77.7 Å². The number of phenols is 3. The summed E-state index contributed by atoms with van der Waals surface area (Å²) in [6, 6.07) is -0.849. The third-order valence-corrected chi connectivity index (χ3v) is 20.2. The van der Waals surface area contributed by atoms with Crippen LogP contribution in [0, 0.1) is 5.92 Å². The number of aromatic hydroxyl groups is 3. The molecule has 19 atom stereocenters. The van der Waals surface area contributed by atoms with Gasteiger partial charge >= 0.3 is 18.2 Å². The van der Waals surface area contributed by atoms with E-state index in [1.165, 1.54) is 45.2 Å². The number of ether oxygens (including phenoxy) is 9. The fraction of sp³-hybridized carbons (Fsp3) is 0.416. The predicted molar refractivity (Wildman–Crippen MR) is 405 cm³/mol. The highest BCUT2D eigenvalue weighted by molar-refractivity contribution is 6.32. The number of phenolic OH excluding ortho intramolecular Hbond substituents is 3. The quantitative estimate of drug-likeness (QED) is 0.0302. The first-order valence-corrected chi connectivity index (χ1v) is 37.0. The number of esters is 1. The minimum absolute atomic E-state index is 0.0829. The van der Waals surface area contributed by atoms with E-state index in [9.17, 15) is 75.0 Å². The Morgan fingerprint density at radius 3 is 1.93 bits per heavy atom. The lowest BCUT2D eigenvalue weighted by Gasteiger charge is -2.48. The van der Waals surface area contributed by atoms with Gasteiger partial charge in [-0.3, -0.25) is 39.0 Å². The summed E-state index contributed by atoms with van der Waals surface area (Å²) in [7, 11) is 1.23. The first-order valence-electron chi connectivity index (χ1n) is 36.2. The van der Waals surface area contributed by atoms with Crippen molar-refractivity contribution in [3.8, 4) is 57.1 Å². The summed E-state index contributed by atoms with van der Waals surface area (Å²) in [4.78, 5) is 132. The summed E-state index contributed by atoms with van der Waals surface area (Å²) in [6.45, 7) is 14.9. The van der Waals surface area contributed by atoms with E-state index in [2.05, 4.69) is 57.0 Å². The Labute approximate surface area is 672 Å². The first kappa shape index (κ1) is 87.5. The Kier molecular flexibility index (Phi) is 28.2. The van der Waals surface area contributed by atoms with Crippen LogP contribution >= 0.6 is 23.2 Å². The number of carbonyl (C=O) groups is 9. The second-order valence-electron chi connectivity index (χ2n) is 28.5. The van der Waals surface area contributed by atoms with Crippen LogP contribution in [-0.4, -0.2) is 228 Å². The number of carbonyl (C=O) groups excluding carboxylic acids is 9. The maximum Gasteiger partial charge on any atom is 0.410 e. The van der Waals surface area contributed by atoms with Crippen molar-refractivity contribution < 1.29 is 137 Å². The lowest BCUT2D eigenvalue weighted by molar-refractivity contribution is -0.334. The summed E-state index contributed by atoms with van der Waals surface area (Å²) in [5.41, 5.74) is 1.56. The minimum atomic E-state index is -2.55. The van der Waals surface area contributed by atoms with Crippen LogP contribution in [0.5, 0.6) is 46.0 Å². The predicted octanol–water partition coefficient (Wildman–Crippen LogP) is 2.53. The maximum absolute atomic E-state index is 15.7. The SMILES string of the molecule is C=CCOC(=O)NC1(C)CC(OC2C(Oc3c4cc5cc3Oc3ccc(cc3Cl)[C@@H](O)[C@@H](NC(=O)[C@@H](CC(C)C)N(C)C(=O)OCC=C)C(=O)N[C@@H](CC(N)=O)C(=O)N[C@@H]5[C@@H](O)NC3C(=O)N[C@H](C(=O)N[C@H](C(=O)OCC=C)c5cc(O)cc(O)c5-c5cc3ccc5O)[C@H](O)c3ccc(c(Cl)c3)O4)OC(CO)C(O)C2O)OC(C)C1O.